The number of hydrogen-bond donors (Lipinski definition) is 0. The van der Waals surface area contributed by atoms with Crippen LogP contribution in [0.4, 0.5) is 27.6 Å². The topological polar surface area (TPSA) is 51.1 Å². The lowest BCUT2D eigenvalue weighted by atomic mass is 10.0. The quantitative estimate of drug-likeness (QED) is 0.160. The smallest absolute Gasteiger partial charge is 0.280 e. The van der Waals surface area contributed by atoms with Gasteiger partial charge in [0.15, 0.2) is 34.8 Å². The Morgan fingerprint density at radius 1 is 0.971 bits per heavy atom. The molecule has 1 aliphatic heterocycles. The normalized spacial score (nSPS) is 14.6. The molecule has 0 aromatic heterocycles. The Kier molecular flexibility index (Phi) is 7.38. The molecule has 2 aromatic carbocycles. The number of carbonyl (C=O) groups is 1. The van der Waals surface area contributed by atoms with E-state index in [9.17, 15) is 26.7 Å². The number of allylic oxidation sites excluding steroid dienone is 1. The van der Waals surface area contributed by atoms with E-state index in [4.69, 9.17) is 9.47 Å². The maximum Gasteiger partial charge on any atom is 0.280 e. The summed E-state index contributed by atoms with van der Waals surface area (Å²) in [5, 5.41) is 3.91. The molecule has 0 N–H and O–H groups in total. The van der Waals surface area contributed by atoms with Crippen LogP contribution in [-0.4, -0.2) is 24.8 Å². The minimum absolute atomic E-state index is 0.0195. The molecule has 0 aliphatic carbocycles. The van der Waals surface area contributed by atoms with Crippen LogP contribution < -0.4 is 14.5 Å². The van der Waals surface area contributed by atoms with Gasteiger partial charge < -0.3 is 9.47 Å². The Hall–Kier alpha value is -3.69. The fourth-order valence-electron chi connectivity index (χ4n) is 3.43. The van der Waals surface area contributed by atoms with E-state index in [-0.39, 0.29) is 16.3 Å². The Bertz CT molecular complexity index is 1190. The molecule has 180 valence electrons. The van der Waals surface area contributed by atoms with Crippen LogP contribution >= 0.6 is 0 Å². The number of hydrogen-bond acceptors (Lipinski definition) is 4. The molecule has 0 saturated carbocycles. The van der Waals surface area contributed by atoms with Gasteiger partial charge in [-0.1, -0.05) is 6.08 Å². The van der Waals surface area contributed by atoms with Gasteiger partial charge in [-0.2, -0.15) is 10.1 Å². The molecular formula is C24H21F5N2O3. The number of carbonyl (C=O) groups excluding carboxylic acids is 1. The van der Waals surface area contributed by atoms with Gasteiger partial charge in [-0.15, -0.1) is 6.58 Å². The molecule has 1 aliphatic rings. The molecule has 0 radical (unpaired) electrons. The molecule has 0 atom stereocenters. The highest BCUT2D eigenvalue weighted by Gasteiger charge is 2.37. The van der Waals surface area contributed by atoms with E-state index in [1.807, 2.05) is 6.92 Å². The van der Waals surface area contributed by atoms with Crippen molar-refractivity contribution in [1.29, 1.82) is 0 Å². The molecule has 0 saturated heterocycles. The van der Waals surface area contributed by atoms with Crippen molar-refractivity contribution in [2.45, 2.75) is 27.2 Å². The summed E-state index contributed by atoms with van der Waals surface area (Å²) < 4.78 is 80.6. The van der Waals surface area contributed by atoms with Gasteiger partial charge in [0.25, 0.3) is 5.91 Å². The minimum Gasteiger partial charge on any atom is -0.490 e. The average molecular weight is 480 g/mol. The molecule has 2 aromatic rings. The number of rotatable bonds is 8. The van der Waals surface area contributed by atoms with Gasteiger partial charge in [0, 0.05) is 5.56 Å². The van der Waals surface area contributed by atoms with E-state index in [0.29, 0.717) is 42.3 Å². The van der Waals surface area contributed by atoms with Crippen molar-refractivity contribution >= 4 is 23.4 Å². The second kappa shape index (κ2) is 10.1. The van der Waals surface area contributed by atoms with E-state index >= 15 is 0 Å². The lowest BCUT2D eigenvalue weighted by Gasteiger charge is -2.16. The molecule has 0 bridgehead atoms. The van der Waals surface area contributed by atoms with E-state index in [0.717, 1.165) is 0 Å². The third-order valence-electron chi connectivity index (χ3n) is 4.88. The lowest BCUT2D eigenvalue weighted by Crippen LogP contribution is -2.25. The number of hydrazone groups is 1. The molecule has 0 fully saturated rings. The van der Waals surface area contributed by atoms with Gasteiger partial charge in [-0.3, -0.25) is 4.79 Å². The van der Waals surface area contributed by atoms with Crippen molar-refractivity contribution in [1.82, 2.24) is 0 Å². The van der Waals surface area contributed by atoms with Crippen molar-refractivity contribution in [3.05, 3.63) is 70.6 Å². The first-order chi connectivity index (χ1) is 16.2. The second-order valence-electron chi connectivity index (χ2n) is 7.15. The Morgan fingerprint density at radius 2 is 1.56 bits per heavy atom. The Balaban J connectivity index is 2.11. The summed E-state index contributed by atoms with van der Waals surface area (Å²) in [6.45, 7) is 9.41. The van der Waals surface area contributed by atoms with E-state index in [1.165, 1.54) is 13.0 Å². The van der Waals surface area contributed by atoms with Crippen LogP contribution in [0.5, 0.6) is 11.5 Å². The number of anilines is 1. The van der Waals surface area contributed by atoms with Crippen molar-refractivity contribution < 1.29 is 36.2 Å². The van der Waals surface area contributed by atoms with Crippen LogP contribution in [0.1, 0.15) is 31.9 Å². The standard InChI is InChI=1S/C24H21F5N2O3/c1-5-8-14-9-13(11-16(33-6-2)23(14)34-7-3)10-15-12(4)30-31(24(15)32)22-20(28)18(26)17(25)19(27)21(22)29/h5,9-11H,1,6-8H2,2-4H3/b15-10+. The van der Waals surface area contributed by atoms with Gasteiger partial charge in [-0.05, 0) is 51.0 Å². The minimum atomic E-state index is -2.32. The maximum absolute atomic E-state index is 14.3. The molecule has 0 unspecified atom stereocenters. The zero-order chi connectivity index (χ0) is 25.2. The summed E-state index contributed by atoms with van der Waals surface area (Å²) in [5.41, 5.74) is -0.337. The van der Waals surface area contributed by atoms with E-state index in [2.05, 4.69) is 11.7 Å². The highest BCUT2D eigenvalue weighted by molar-refractivity contribution is 6.32. The Morgan fingerprint density at radius 3 is 2.12 bits per heavy atom. The fraction of sp³-hybridized carbons (Fsp3) is 0.250. The van der Waals surface area contributed by atoms with Crippen molar-refractivity contribution in [3.8, 4) is 11.5 Å². The van der Waals surface area contributed by atoms with E-state index < -0.39 is 40.7 Å². The summed E-state index contributed by atoms with van der Waals surface area (Å²) in [4.78, 5) is 12.9. The first-order valence-corrected chi connectivity index (χ1v) is 10.3. The summed E-state index contributed by atoms with van der Waals surface area (Å²) in [6, 6.07) is 3.32. The number of ether oxygens (including phenoxy) is 2. The van der Waals surface area contributed by atoms with Gasteiger partial charge in [0.1, 0.15) is 5.69 Å². The highest BCUT2D eigenvalue weighted by Crippen LogP contribution is 2.37. The van der Waals surface area contributed by atoms with Crippen LogP contribution in [0.15, 0.2) is 35.5 Å². The average Bonchev–Trinajstić information content (AvgIpc) is 3.07. The third-order valence-corrected chi connectivity index (χ3v) is 4.88. The lowest BCUT2D eigenvalue weighted by molar-refractivity contribution is -0.114. The van der Waals surface area contributed by atoms with Crippen molar-refractivity contribution in [2.75, 3.05) is 18.2 Å². The zero-order valence-corrected chi connectivity index (χ0v) is 18.6. The largest absolute Gasteiger partial charge is 0.490 e. The molecule has 3 rings (SSSR count). The molecule has 34 heavy (non-hydrogen) atoms. The van der Waals surface area contributed by atoms with Gasteiger partial charge in [0.2, 0.25) is 5.82 Å². The molecule has 10 heteroatoms. The zero-order valence-electron chi connectivity index (χ0n) is 18.6. The first-order valence-electron chi connectivity index (χ1n) is 10.3. The van der Waals surface area contributed by atoms with Crippen LogP contribution in [0.3, 0.4) is 0 Å². The summed E-state index contributed by atoms with van der Waals surface area (Å²) in [6.07, 6.45) is 3.46. The number of benzene rings is 2. The molecule has 5 nitrogen and oxygen atoms in total. The Labute approximate surface area is 192 Å². The van der Waals surface area contributed by atoms with Crippen molar-refractivity contribution in [2.24, 2.45) is 5.10 Å². The van der Waals surface area contributed by atoms with Gasteiger partial charge in [0.05, 0.1) is 24.5 Å². The highest BCUT2D eigenvalue weighted by atomic mass is 19.2. The number of amides is 1. The summed E-state index contributed by atoms with van der Waals surface area (Å²) in [7, 11) is 0. The molecule has 0 spiro atoms. The van der Waals surface area contributed by atoms with Gasteiger partial charge in [-0.25, -0.2) is 22.0 Å². The van der Waals surface area contributed by atoms with Crippen LogP contribution in [-0.2, 0) is 11.2 Å². The summed E-state index contributed by atoms with van der Waals surface area (Å²) >= 11 is 0. The number of nitrogens with zero attached hydrogens (tertiary/aromatic N) is 2. The second-order valence-corrected chi connectivity index (χ2v) is 7.15. The van der Waals surface area contributed by atoms with Crippen LogP contribution in [0.25, 0.3) is 6.08 Å². The number of halogens is 5. The predicted octanol–water partition coefficient (Wildman–Crippen LogP) is 5.71. The molecular weight excluding hydrogens is 459 g/mol. The summed E-state index contributed by atoms with van der Waals surface area (Å²) in [5.74, 6) is -11.1. The van der Waals surface area contributed by atoms with Gasteiger partial charge >= 0.3 is 0 Å². The SMILES string of the molecule is C=CCc1cc(/C=C2/C(=O)N(c3c(F)c(F)c(F)c(F)c3F)N=C2C)cc(OCC)c1OCC. The first kappa shape index (κ1) is 24.9. The van der Waals surface area contributed by atoms with Crippen LogP contribution in [0.2, 0.25) is 0 Å². The van der Waals surface area contributed by atoms with Crippen LogP contribution in [0, 0.1) is 29.1 Å². The maximum atomic E-state index is 14.3. The molecule has 1 amide bonds. The van der Waals surface area contributed by atoms with E-state index in [1.54, 1.807) is 25.1 Å². The monoisotopic (exact) mass is 480 g/mol. The fourth-order valence-corrected chi connectivity index (χ4v) is 3.43. The third kappa shape index (κ3) is 4.40. The van der Waals surface area contributed by atoms with Crippen molar-refractivity contribution in [3.63, 3.8) is 0 Å². The predicted molar refractivity (Wildman–Crippen MR) is 117 cm³/mol. The molecule has 1 heterocycles.